The highest BCUT2D eigenvalue weighted by molar-refractivity contribution is 7.18. The third-order valence-electron chi connectivity index (χ3n) is 4.30. The fourth-order valence-corrected chi connectivity index (χ4v) is 3.68. The Kier molecular flexibility index (Phi) is 6.33. The number of hydrogen-bond donors (Lipinski definition) is 2. The number of thiazole rings is 1. The van der Waals surface area contributed by atoms with E-state index in [0.29, 0.717) is 5.69 Å². The summed E-state index contributed by atoms with van der Waals surface area (Å²) in [5.74, 6) is -1.01. The molecule has 0 saturated heterocycles. The van der Waals surface area contributed by atoms with Crippen molar-refractivity contribution < 1.29 is 14.0 Å². The van der Waals surface area contributed by atoms with Gasteiger partial charge in [-0.2, -0.15) is 0 Å². The lowest BCUT2D eigenvalue weighted by Crippen LogP contribution is -2.39. The predicted molar refractivity (Wildman–Crippen MR) is 109 cm³/mol. The molecule has 3 rings (SSSR count). The molecule has 0 aliphatic carbocycles. The number of para-hydroxylation sites is 1. The second-order valence-electron chi connectivity index (χ2n) is 6.44. The van der Waals surface area contributed by atoms with Crippen LogP contribution in [0.4, 0.5) is 10.1 Å². The summed E-state index contributed by atoms with van der Waals surface area (Å²) in [6.07, 6.45) is 0. The number of benzene rings is 2. The summed E-state index contributed by atoms with van der Waals surface area (Å²) in [6, 6.07) is 13.3. The number of likely N-dealkylation sites (N-methyl/N-ethyl adjacent to an activating group) is 1. The maximum absolute atomic E-state index is 12.9. The second kappa shape index (κ2) is 8.90. The molecule has 6 nitrogen and oxygen atoms in total. The quantitative estimate of drug-likeness (QED) is 0.639. The highest BCUT2D eigenvalue weighted by Crippen LogP contribution is 2.28. The molecular weight excluding hydrogens is 379 g/mol. The van der Waals surface area contributed by atoms with Gasteiger partial charge in [-0.15, -0.1) is 11.3 Å². The normalized spacial score (nSPS) is 12.1. The molecule has 2 N–H and O–H groups in total. The highest BCUT2D eigenvalue weighted by Gasteiger charge is 2.18. The maximum atomic E-state index is 12.9. The number of aromatic nitrogens is 1. The summed E-state index contributed by atoms with van der Waals surface area (Å²) < 4.78 is 14.0. The van der Waals surface area contributed by atoms with Crippen molar-refractivity contribution in [3.05, 3.63) is 59.4 Å². The van der Waals surface area contributed by atoms with Crippen molar-refractivity contribution in [1.82, 2.24) is 15.2 Å². The minimum atomic E-state index is -0.378. The van der Waals surface area contributed by atoms with Crippen molar-refractivity contribution >= 4 is 39.1 Å². The summed E-state index contributed by atoms with van der Waals surface area (Å²) in [5.41, 5.74) is 1.42. The van der Waals surface area contributed by atoms with E-state index in [1.54, 1.807) is 11.3 Å². The topological polar surface area (TPSA) is 74.3 Å². The Labute approximate surface area is 166 Å². The first-order chi connectivity index (χ1) is 13.4. The Bertz CT molecular complexity index is 941. The number of rotatable bonds is 7. The van der Waals surface area contributed by atoms with E-state index in [9.17, 15) is 14.0 Å². The molecule has 146 valence electrons. The van der Waals surface area contributed by atoms with Crippen molar-refractivity contribution in [1.29, 1.82) is 0 Å². The average Bonchev–Trinajstić information content (AvgIpc) is 3.11. The second-order valence-corrected chi connectivity index (χ2v) is 7.50. The smallest absolute Gasteiger partial charge is 0.243 e. The van der Waals surface area contributed by atoms with Crippen LogP contribution in [0.1, 0.15) is 18.0 Å². The summed E-state index contributed by atoms with van der Waals surface area (Å²) in [7, 11) is 1.84. The fraction of sp³-hybridized carbons (Fsp3) is 0.250. The summed E-state index contributed by atoms with van der Waals surface area (Å²) in [6.45, 7) is 1.98. The number of fused-ring (bicyclic) bond motifs is 1. The molecule has 2 aromatic carbocycles. The Morgan fingerprint density at radius 1 is 1.14 bits per heavy atom. The van der Waals surface area contributed by atoms with Crippen LogP contribution in [-0.4, -0.2) is 41.8 Å². The van der Waals surface area contributed by atoms with Crippen molar-refractivity contribution in [3.8, 4) is 0 Å². The van der Waals surface area contributed by atoms with E-state index in [4.69, 9.17) is 0 Å². The Morgan fingerprint density at radius 2 is 1.86 bits per heavy atom. The minimum absolute atomic E-state index is 0.0313. The van der Waals surface area contributed by atoms with E-state index in [-0.39, 0.29) is 36.8 Å². The van der Waals surface area contributed by atoms with Crippen LogP contribution in [-0.2, 0) is 9.59 Å². The first-order valence-corrected chi connectivity index (χ1v) is 9.62. The van der Waals surface area contributed by atoms with Crippen molar-refractivity contribution in [2.45, 2.75) is 13.0 Å². The molecule has 8 heteroatoms. The third kappa shape index (κ3) is 5.11. The number of carbonyl (C=O) groups excluding carboxylic acids is 2. The molecule has 1 aromatic heterocycles. The van der Waals surface area contributed by atoms with E-state index < -0.39 is 0 Å². The number of halogens is 1. The summed E-state index contributed by atoms with van der Waals surface area (Å²) in [5, 5.41) is 6.13. The summed E-state index contributed by atoms with van der Waals surface area (Å²) in [4.78, 5) is 30.6. The Hall–Kier alpha value is -2.84. The van der Waals surface area contributed by atoms with Crippen LogP contribution < -0.4 is 10.6 Å². The van der Waals surface area contributed by atoms with Gasteiger partial charge in [-0.05, 0) is 50.4 Å². The molecule has 1 heterocycles. The molecule has 0 fully saturated rings. The zero-order valence-corrected chi connectivity index (χ0v) is 16.4. The maximum Gasteiger partial charge on any atom is 0.243 e. The molecule has 2 amide bonds. The van der Waals surface area contributed by atoms with Gasteiger partial charge < -0.3 is 10.6 Å². The molecule has 28 heavy (non-hydrogen) atoms. The Balaban J connectivity index is 1.48. The molecular formula is C20H21FN4O2S. The number of hydrogen-bond acceptors (Lipinski definition) is 5. The molecule has 3 aromatic rings. The first-order valence-electron chi connectivity index (χ1n) is 8.80. The predicted octanol–water partition coefficient (Wildman–Crippen LogP) is 3.18. The molecule has 1 atom stereocenters. The van der Waals surface area contributed by atoms with Gasteiger partial charge in [-0.25, -0.2) is 9.37 Å². The molecule has 0 spiro atoms. The summed E-state index contributed by atoms with van der Waals surface area (Å²) >= 11 is 1.61. The molecule has 0 aliphatic heterocycles. The lowest BCUT2D eigenvalue weighted by atomic mass is 10.3. The van der Waals surface area contributed by atoms with Crippen LogP contribution in [0.2, 0.25) is 0 Å². The van der Waals surface area contributed by atoms with Gasteiger partial charge in [0.2, 0.25) is 11.8 Å². The third-order valence-corrected chi connectivity index (χ3v) is 5.50. The minimum Gasteiger partial charge on any atom is -0.346 e. The van der Waals surface area contributed by atoms with Crippen LogP contribution in [0.15, 0.2) is 48.5 Å². The van der Waals surface area contributed by atoms with Gasteiger partial charge >= 0.3 is 0 Å². The van der Waals surface area contributed by atoms with Crippen LogP contribution in [0.3, 0.4) is 0 Å². The van der Waals surface area contributed by atoms with Crippen LogP contribution in [0.25, 0.3) is 10.2 Å². The number of anilines is 1. The molecule has 0 bridgehead atoms. The van der Waals surface area contributed by atoms with E-state index in [1.165, 1.54) is 24.3 Å². The van der Waals surface area contributed by atoms with Crippen LogP contribution in [0, 0.1) is 5.82 Å². The van der Waals surface area contributed by atoms with Crippen molar-refractivity contribution in [2.24, 2.45) is 0 Å². The van der Waals surface area contributed by atoms with Gasteiger partial charge in [0, 0.05) is 5.69 Å². The van der Waals surface area contributed by atoms with Gasteiger partial charge in [0.05, 0.1) is 29.3 Å². The zero-order chi connectivity index (χ0) is 20.1. The largest absolute Gasteiger partial charge is 0.346 e. The average molecular weight is 400 g/mol. The number of carbonyl (C=O) groups is 2. The molecule has 0 radical (unpaired) electrons. The number of nitrogens with one attached hydrogen (secondary N) is 2. The highest BCUT2D eigenvalue weighted by atomic mass is 32.1. The van der Waals surface area contributed by atoms with Gasteiger partial charge in [0.25, 0.3) is 0 Å². The molecule has 0 unspecified atom stereocenters. The monoisotopic (exact) mass is 400 g/mol. The van der Waals surface area contributed by atoms with Crippen molar-refractivity contribution in [2.75, 3.05) is 25.5 Å². The lowest BCUT2D eigenvalue weighted by Gasteiger charge is -2.22. The van der Waals surface area contributed by atoms with Crippen LogP contribution in [0.5, 0.6) is 0 Å². The van der Waals surface area contributed by atoms with E-state index >= 15 is 0 Å². The SMILES string of the molecule is C[C@@H](c1nc2ccccc2s1)N(C)CC(=O)NCC(=O)Nc1ccc(F)cc1. The lowest BCUT2D eigenvalue weighted by molar-refractivity contribution is -0.125. The van der Waals surface area contributed by atoms with E-state index in [1.807, 2.05) is 43.1 Å². The number of amides is 2. The molecule has 0 saturated carbocycles. The van der Waals surface area contributed by atoms with Gasteiger partial charge in [-0.1, -0.05) is 12.1 Å². The standard InChI is InChI=1S/C20H21FN4O2S/c1-13(20-24-16-5-3-4-6-17(16)28-20)25(2)12-19(27)22-11-18(26)23-15-9-7-14(21)8-10-15/h3-10,13H,11-12H2,1-2H3,(H,22,27)(H,23,26)/t13-/m0/s1. The van der Waals surface area contributed by atoms with Gasteiger partial charge in [0.15, 0.2) is 0 Å². The van der Waals surface area contributed by atoms with E-state index in [0.717, 1.165) is 15.2 Å². The molecule has 0 aliphatic rings. The van der Waals surface area contributed by atoms with Crippen LogP contribution >= 0.6 is 11.3 Å². The van der Waals surface area contributed by atoms with Gasteiger partial charge in [-0.3, -0.25) is 14.5 Å². The fourth-order valence-electron chi connectivity index (χ4n) is 2.59. The van der Waals surface area contributed by atoms with Crippen molar-refractivity contribution in [3.63, 3.8) is 0 Å². The number of nitrogens with zero attached hydrogens (tertiary/aromatic N) is 2. The zero-order valence-electron chi connectivity index (χ0n) is 15.6. The Morgan fingerprint density at radius 3 is 2.57 bits per heavy atom. The van der Waals surface area contributed by atoms with E-state index in [2.05, 4.69) is 15.6 Å². The van der Waals surface area contributed by atoms with Gasteiger partial charge in [0.1, 0.15) is 10.8 Å². The first kappa shape index (κ1) is 19.9.